The molecule has 1 aromatic heterocycles. The number of anilines is 2. The maximum Gasteiger partial charge on any atom is 0.126 e. The van der Waals surface area contributed by atoms with Crippen molar-refractivity contribution in [1.82, 2.24) is 4.98 Å². The number of nitrogens with one attached hydrogen (secondary N) is 1. The molecule has 0 unspecified atom stereocenters. The first-order chi connectivity index (χ1) is 8.65. The van der Waals surface area contributed by atoms with Crippen LogP contribution in [0.3, 0.4) is 0 Å². The molecular weight excluding hydrogens is 269 g/mol. The first kappa shape index (κ1) is 13.0. The topological polar surface area (TPSA) is 50.9 Å². The number of rotatable bonds is 4. The van der Waals surface area contributed by atoms with Crippen molar-refractivity contribution in [1.29, 1.82) is 0 Å². The summed E-state index contributed by atoms with van der Waals surface area (Å²) in [5, 5.41) is 4.54. The van der Waals surface area contributed by atoms with Gasteiger partial charge in [-0.1, -0.05) is 29.3 Å². The Bertz CT molecular complexity index is 526. The highest BCUT2D eigenvalue weighted by Crippen LogP contribution is 2.21. The lowest BCUT2D eigenvalue weighted by atomic mass is 10.1. The maximum atomic E-state index is 6.09. The van der Waals surface area contributed by atoms with Crippen molar-refractivity contribution in [2.75, 3.05) is 17.6 Å². The average molecular weight is 282 g/mol. The number of hydrogen-bond acceptors (Lipinski definition) is 3. The Morgan fingerprint density at radius 2 is 2.00 bits per heavy atom. The highest BCUT2D eigenvalue weighted by molar-refractivity contribution is 6.35. The van der Waals surface area contributed by atoms with E-state index in [9.17, 15) is 0 Å². The van der Waals surface area contributed by atoms with Crippen molar-refractivity contribution >= 4 is 34.7 Å². The molecule has 0 fully saturated rings. The van der Waals surface area contributed by atoms with Crippen LogP contribution in [0, 0.1) is 0 Å². The number of nitrogens with two attached hydrogens (primary N) is 1. The molecule has 5 heteroatoms. The van der Waals surface area contributed by atoms with E-state index in [1.807, 2.05) is 24.3 Å². The van der Waals surface area contributed by atoms with Gasteiger partial charge in [0.25, 0.3) is 0 Å². The minimum absolute atomic E-state index is 0.650. The molecule has 0 radical (unpaired) electrons. The molecule has 94 valence electrons. The third-order valence-corrected chi connectivity index (χ3v) is 3.09. The second-order valence-corrected chi connectivity index (χ2v) is 4.73. The van der Waals surface area contributed by atoms with Crippen LogP contribution >= 0.6 is 23.2 Å². The molecule has 0 amide bonds. The van der Waals surface area contributed by atoms with Gasteiger partial charge in [0.2, 0.25) is 0 Å². The fraction of sp³-hybridized carbons (Fsp3) is 0.154. The van der Waals surface area contributed by atoms with Crippen LogP contribution in [0.1, 0.15) is 5.56 Å². The Labute approximate surface area is 116 Å². The number of aromatic nitrogens is 1. The number of nitrogen functional groups attached to an aromatic ring is 1. The van der Waals surface area contributed by atoms with E-state index in [4.69, 9.17) is 28.9 Å². The van der Waals surface area contributed by atoms with E-state index in [-0.39, 0.29) is 0 Å². The van der Waals surface area contributed by atoms with E-state index >= 15 is 0 Å². The number of benzene rings is 1. The predicted octanol–water partition coefficient (Wildman–Crippen LogP) is 3.63. The van der Waals surface area contributed by atoms with E-state index < -0.39 is 0 Å². The molecule has 0 saturated heterocycles. The van der Waals surface area contributed by atoms with Crippen molar-refractivity contribution < 1.29 is 0 Å². The first-order valence-electron chi connectivity index (χ1n) is 5.54. The largest absolute Gasteiger partial charge is 0.397 e. The van der Waals surface area contributed by atoms with Crippen molar-refractivity contribution in [2.24, 2.45) is 0 Å². The normalized spacial score (nSPS) is 10.3. The number of pyridine rings is 1. The molecule has 0 spiro atoms. The van der Waals surface area contributed by atoms with Gasteiger partial charge in [-0.05, 0) is 36.2 Å². The molecule has 1 aromatic carbocycles. The summed E-state index contributed by atoms with van der Waals surface area (Å²) >= 11 is 11.9. The lowest BCUT2D eigenvalue weighted by Gasteiger charge is -2.07. The van der Waals surface area contributed by atoms with Crippen LogP contribution in [0.2, 0.25) is 10.0 Å². The van der Waals surface area contributed by atoms with Crippen molar-refractivity contribution in [3.05, 3.63) is 52.1 Å². The van der Waals surface area contributed by atoms with E-state index in [1.54, 1.807) is 12.3 Å². The summed E-state index contributed by atoms with van der Waals surface area (Å²) < 4.78 is 0. The van der Waals surface area contributed by atoms with E-state index in [2.05, 4.69) is 10.3 Å². The Hall–Kier alpha value is -1.45. The highest BCUT2D eigenvalue weighted by atomic mass is 35.5. The number of hydrogen-bond donors (Lipinski definition) is 2. The van der Waals surface area contributed by atoms with Crippen LogP contribution < -0.4 is 11.1 Å². The van der Waals surface area contributed by atoms with E-state index in [1.165, 1.54) is 0 Å². The van der Waals surface area contributed by atoms with Gasteiger partial charge in [-0.15, -0.1) is 0 Å². The second-order valence-electron chi connectivity index (χ2n) is 3.89. The van der Waals surface area contributed by atoms with Gasteiger partial charge < -0.3 is 11.1 Å². The zero-order valence-electron chi connectivity index (χ0n) is 9.66. The Morgan fingerprint density at radius 1 is 1.17 bits per heavy atom. The molecule has 18 heavy (non-hydrogen) atoms. The average Bonchev–Trinajstić information content (AvgIpc) is 2.34. The third kappa shape index (κ3) is 3.52. The number of halogens is 2. The Balaban J connectivity index is 1.90. The van der Waals surface area contributed by atoms with Gasteiger partial charge in [0.05, 0.1) is 11.9 Å². The van der Waals surface area contributed by atoms with Crippen LogP contribution in [-0.2, 0) is 6.42 Å². The lowest BCUT2D eigenvalue weighted by Crippen LogP contribution is -2.06. The van der Waals surface area contributed by atoms with Gasteiger partial charge in [-0.3, -0.25) is 0 Å². The van der Waals surface area contributed by atoms with Gasteiger partial charge in [-0.25, -0.2) is 4.98 Å². The van der Waals surface area contributed by atoms with E-state index in [0.717, 1.165) is 24.3 Å². The molecule has 0 aliphatic carbocycles. The molecule has 2 rings (SSSR count). The molecule has 0 bridgehead atoms. The monoisotopic (exact) mass is 281 g/mol. The van der Waals surface area contributed by atoms with Crippen molar-refractivity contribution in [3.8, 4) is 0 Å². The highest BCUT2D eigenvalue weighted by Gasteiger charge is 2.01. The van der Waals surface area contributed by atoms with Crippen LogP contribution in [0.4, 0.5) is 11.5 Å². The van der Waals surface area contributed by atoms with Gasteiger partial charge in [0, 0.05) is 16.6 Å². The zero-order valence-corrected chi connectivity index (χ0v) is 11.2. The van der Waals surface area contributed by atoms with Crippen LogP contribution in [0.5, 0.6) is 0 Å². The molecule has 0 aliphatic heterocycles. The quantitative estimate of drug-likeness (QED) is 0.900. The van der Waals surface area contributed by atoms with Crippen LogP contribution in [0.15, 0.2) is 36.5 Å². The standard InChI is InChI=1S/C13H13Cl2N3/c14-10-2-1-9(12(15)7-10)5-6-17-13-4-3-11(16)8-18-13/h1-4,7-8H,5-6,16H2,(H,17,18). The molecule has 0 atom stereocenters. The molecule has 3 nitrogen and oxygen atoms in total. The van der Waals surface area contributed by atoms with Gasteiger partial charge >= 0.3 is 0 Å². The molecule has 2 aromatic rings. The predicted molar refractivity (Wildman–Crippen MR) is 77.3 cm³/mol. The lowest BCUT2D eigenvalue weighted by molar-refractivity contribution is 1.01. The van der Waals surface area contributed by atoms with Gasteiger partial charge in [0.1, 0.15) is 5.82 Å². The maximum absolute atomic E-state index is 6.09. The summed E-state index contributed by atoms with van der Waals surface area (Å²) in [6.45, 7) is 0.748. The van der Waals surface area contributed by atoms with E-state index in [0.29, 0.717) is 15.7 Å². The minimum atomic E-state index is 0.650. The summed E-state index contributed by atoms with van der Waals surface area (Å²) in [6.07, 6.45) is 2.43. The summed E-state index contributed by atoms with van der Waals surface area (Å²) in [5.41, 5.74) is 7.27. The van der Waals surface area contributed by atoms with Gasteiger partial charge in [-0.2, -0.15) is 0 Å². The molecule has 1 heterocycles. The second kappa shape index (κ2) is 5.94. The van der Waals surface area contributed by atoms with Crippen LogP contribution in [-0.4, -0.2) is 11.5 Å². The smallest absolute Gasteiger partial charge is 0.126 e. The van der Waals surface area contributed by atoms with Gasteiger partial charge in [0.15, 0.2) is 0 Å². The van der Waals surface area contributed by atoms with Crippen LogP contribution in [0.25, 0.3) is 0 Å². The Kier molecular flexibility index (Phi) is 4.28. The fourth-order valence-corrected chi connectivity index (χ4v) is 2.06. The SMILES string of the molecule is Nc1ccc(NCCc2ccc(Cl)cc2Cl)nc1. The summed E-state index contributed by atoms with van der Waals surface area (Å²) in [7, 11) is 0. The summed E-state index contributed by atoms with van der Waals surface area (Å²) in [5.74, 6) is 0.800. The minimum Gasteiger partial charge on any atom is -0.397 e. The number of nitrogens with zero attached hydrogens (tertiary/aromatic N) is 1. The van der Waals surface area contributed by atoms with Crippen molar-refractivity contribution in [3.63, 3.8) is 0 Å². The molecular formula is C13H13Cl2N3. The van der Waals surface area contributed by atoms with Crippen molar-refractivity contribution in [2.45, 2.75) is 6.42 Å². The molecule has 0 saturated carbocycles. The first-order valence-corrected chi connectivity index (χ1v) is 6.30. The fourth-order valence-electron chi connectivity index (χ4n) is 1.56. The Morgan fingerprint density at radius 3 is 2.67 bits per heavy atom. The summed E-state index contributed by atoms with van der Waals surface area (Å²) in [6, 6.07) is 9.18. The zero-order chi connectivity index (χ0) is 13.0. The third-order valence-electron chi connectivity index (χ3n) is 2.50. The molecule has 0 aliphatic rings. The summed E-state index contributed by atoms with van der Waals surface area (Å²) in [4.78, 5) is 4.16. The molecule has 3 N–H and O–H groups in total.